The van der Waals surface area contributed by atoms with Crippen molar-refractivity contribution in [3.05, 3.63) is 152 Å². The molecule has 1 aliphatic rings. The number of nitrogens with zero attached hydrogens (tertiary/aromatic N) is 1. The van der Waals surface area contributed by atoms with Gasteiger partial charge in [0.05, 0.1) is 11.0 Å². The summed E-state index contributed by atoms with van der Waals surface area (Å²) < 4.78 is 2.39. The van der Waals surface area contributed by atoms with Gasteiger partial charge in [-0.1, -0.05) is 121 Å². The summed E-state index contributed by atoms with van der Waals surface area (Å²) in [5, 5.41) is 5.23. The Hall–Kier alpha value is -5.40. The lowest BCUT2D eigenvalue weighted by Crippen LogP contribution is -1.93. The maximum atomic E-state index is 2.39. The molecule has 0 unspecified atom stereocenters. The standard InChI is InChI=1S/C40H25N/c1-2-12-29(13-3-1)41-38-19-7-6-16-33(38)34-21-20-27(25-39(34)41)26-10-8-11-28(24-26)30-22-23-37-32-15-5-4-14-31(32)36-18-9-17-35(30)40(36)37/h1-25H. The normalized spacial score (nSPS) is 11.9. The van der Waals surface area contributed by atoms with Gasteiger partial charge in [0.15, 0.2) is 0 Å². The van der Waals surface area contributed by atoms with Crippen LogP contribution in [0.15, 0.2) is 152 Å². The number of hydrogen-bond acceptors (Lipinski definition) is 0. The second kappa shape index (κ2) is 8.55. The van der Waals surface area contributed by atoms with Crippen LogP contribution in [-0.4, -0.2) is 4.57 Å². The lowest BCUT2D eigenvalue weighted by atomic mass is 9.92. The van der Waals surface area contributed by atoms with Crippen molar-refractivity contribution in [1.29, 1.82) is 0 Å². The Morgan fingerprint density at radius 3 is 1.80 bits per heavy atom. The lowest BCUT2D eigenvalue weighted by molar-refractivity contribution is 1.18. The largest absolute Gasteiger partial charge is 0.309 e. The first-order valence-electron chi connectivity index (χ1n) is 14.2. The highest BCUT2D eigenvalue weighted by Gasteiger charge is 2.22. The summed E-state index contributed by atoms with van der Waals surface area (Å²) >= 11 is 0. The topological polar surface area (TPSA) is 4.93 Å². The highest BCUT2D eigenvalue weighted by Crippen LogP contribution is 2.49. The smallest absolute Gasteiger partial charge is 0.0547 e. The van der Waals surface area contributed by atoms with Crippen molar-refractivity contribution in [3.63, 3.8) is 0 Å². The van der Waals surface area contributed by atoms with Gasteiger partial charge in [-0.15, -0.1) is 0 Å². The van der Waals surface area contributed by atoms with Gasteiger partial charge in [-0.25, -0.2) is 0 Å². The predicted molar refractivity (Wildman–Crippen MR) is 174 cm³/mol. The highest BCUT2D eigenvalue weighted by atomic mass is 15.0. The number of benzene rings is 7. The molecule has 1 aliphatic carbocycles. The summed E-state index contributed by atoms with van der Waals surface area (Å²) in [6.07, 6.45) is 0. The van der Waals surface area contributed by atoms with E-state index >= 15 is 0 Å². The van der Waals surface area contributed by atoms with Crippen LogP contribution in [0.1, 0.15) is 0 Å². The molecule has 0 bridgehead atoms. The zero-order chi connectivity index (χ0) is 26.9. The van der Waals surface area contributed by atoms with Crippen LogP contribution in [0.2, 0.25) is 0 Å². The van der Waals surface area contributed by atoms with Crippen molar-refractivity contribution in [1.82, 2.24) is 4.57 Å². The minimum atomic E-state index is 1.18. The van der Waals surface area contributed by atoms with Gasteiger partial charge in [0.25, 0.3) is 0 Å². The molecule has 0 aliphatic heterocycles. The first-order valence-corrected chi connectivity index (χ1v) is 14.2. The third-order valence-electron chi connectivity index (χ3n) is 8.74. The average Bonchev–Trinajstić information content (AvgIpc) is 3.55. The Bertz CT molecular complexity index is 2270. The SMILES string of the molecule is c1ccc(-n2c3ccccc3c3ccc(-c4cccc(-c5ccc6c7c(cccc57)-c5ccccc5-6)c4)cc32)cc1. The van der Waals surface area contributed by atoms with E-state index in [-0.39, 0.29) is 0 Å². The minimum absolute atomic E-state index is 1.18. The average molecular weight is 520 g/mol. The van der Waals surface area contributed by atoms with E-state index in [0.717, 1.165) is 0 Å². The second-order valence-electron chi connectivity index (χ2n) is 10.9. The van der Waals surface area contributed by atoms with E-state index in [4.69, 9.17) is 0 Å². The van der Waals surface area contributed by atoms with Crippen LogP contribution < -0.4 is 0 Å². The monoisotopic (exact) mass is 519 g/mol. The van der Waals surface area contributed by atoms with Crippen molar-refractivity contribution < 1.29 is 0 Å². The Kier molecular flexibility index (Phi) is 4.67. The Morgan fingerprint density at radius 1 is 0.317 bits per heavy atom. The van der Waals surface area contributed by atoms with Crippen molar-refractivity contribution >= 4 is 32.6 Å². The van der Waals surface area contributed by atoms with E-state index in [9.17, 15) is 0 Å². The molecule has 8 aromatic rings. The fourth-order valence-corrected chi connectivity index (χ4v) is 6.93. The Balaban J connectivity index is 1.23. The number of para-hydroxylation sites is 2. The molecule has 0 radical (unpaired) electrons. The maximum absolute atomic E-state index is 2.39. The second-order valence-corrected chi connectivity index (χ2v) is 10.9. The third-order valence-corrected chi connectivity index (χ3v) is 8.74. The molecule has 0 N–H and O–H groups in total. The number of rotatable bonds is 3. The van der Waals surface area contributed by atoms with Crippen LogP contribution in [0.5, 0.6) is 0 Å². The molecule has 0 saturated heterocycles. The molecule has 1 nitrogen and oxygen atoms in total. The van der Waals surface area contributed by atoms with E-state index in [1.807, 2.05) is 0 Å². The molecule has 9 rings (SSSR count). The third kappa shape index (κ3) is 3.24. The van der Waals surface area contributed by atoms with E-state index in [1.165, 1.54) is 82.8 Å². The van der Waals surface area contributed by atoms with Gasteiger partial charge in [0.2, 0.25) is 0 Å². The fourth-order valence-electron chi connectivity index (χ4n) is 6.93. The fraction of sp³-hybridized carbons (Fsp3) is 0. The first kappa shape index (κ1) is 22.4. The Labute approximate surface area is 238 Å². The number of fused-ring (bicyclic) bond motifs is 6. The van der Waals surface area contributed by atoms with Gasteiger partial charge in [0, 0.05) is 16.5 Å². The summed E-state index contributed by atoms with van der Waals surface area (Å²) in [6.45, 7) is 0. The Morgan fingerprint density at radius 2 is 0.927 bits per heavy atom. The van der Waals surface area contributed by atoms with Crippen molar-refractivity contribution in [2.24, 2.45) is 0 Å². The summed E-state index contributed by atoms with van der Waals surface area (Å²) in [6, 6.07) is 55.4. The molecular weight excluding hydrogens is 494 g/mol. The molecular formula is C40H25N. The van der Waals surface area contributed by atoms with Gasteiger partial charge < -0.3 is 4.57 Å². The molecule has 1 heteroatoms. The van der Waals surface area contributed by atoms with Gasteiger partial charge in [-0.2, -0.15) is 0 Å². The van der Waals surface area contributed by atoms with Gasteiger partial charge in [-0.3, -0.25) is 0 Å². The van der Waals surface area contributed by atoms with Crippen LogP contribution in [0.3, 0.4) is 0 Å². The molecule has 0 atom stereocenters. The molecule has 41 heavy (non-hydrogen) atoms. The number of hydrogen-bond donors (Lipinski definition) is 0. The van der Waals surface area contributed by atoms with Crippen LogP contribution in [0, 0.1) is 0 Å². The van der Waals surface area contributed by atoms with Crippen molar-refractivity contribution in [2.45, 2.75) is 0 Å². The minimum Gasteiger partial charge on any atom is -0.309 e. The van der Waals surface area contributed by atoms with Gasteiger partial charge in [-0.05, 0) is 85.6 Å². The van der Waals surface area contributed by atoms with Crippen LogP contribution >= 0.6 is 0 Å². The summed E-state index contributed by atoms with van der Waals surface area (Å²) in [5.74, 6) is 0. The zero-order valence-corrected chi connectivity index (χ0v) is 22.4. The molecule has 0 amide bonds. The molecule has 1 aromatic heterocycles. The lowest BCUT2D eigenvalue weighted by Gasteiger charge is -2.12. The van der Waals surface area contributed by atoms with Crippen LogP contribution in [0.4, 0.5) is 0 Å². The molecule has 0 fully saturated rings. The predicted octanol–water partition coefficient (Wildman–Crippen LogP) is 10.9. The first-order chi connectivity index (χ1) is 20.3. The quantitative estimate of drug-likeness (QED) is 0.219. The van der Waals surface area contributed by atoms with Crippen LogP contribution in [-0.2, 0) is 0 Å². The number of aromatic nitrogens is 1. The van der Waals surface area contributed by atoms with Gasteiger partial charge in [0.1, 0.15) is 0 Å². The summed E-state index contributed by atoms with van der Waals surface area (Å²) in [7, 11) is 0. The summed E-state index contributed by atoms with van der Waals surface area (Å²) in [4.78, 5) is 0. The summed E-state index contributed by atoms with van der Waals surface area (Å²) in [5.41, 5.74) is 13.9. The van der Waals surface area contributed by atoms with Crippen LogP contribution in [0.25, 0.3) is 82.8 Å². The van der Waals surface area contributed by atoms with E-state index < -0.39 is 0 Å². The highest BCUT2D eigenvalue weighted by molar-refractivity contribution is 6.18. The van der Waals surface area contributed by atoms with Crippen molar-refractivity contribution in [3.8, 4) is 50.2 Å². The zero-order valence-electron chi connectivity index (χ0n) is 22.4. The molecule has 0 spiro atoms. The van der Waals surface area contributed by atoms with E-state index in [1.54, 1.807) is 0 Å². The molecule has 7 aromatic carbocycles. The maximum Gasteiger partial charge on any atom is 0.0547 e. The molecule has 0 saturated carbocycles. The van der Waals surface area contributed by atoms with E-state index in [2.05, 4.69) is 156 Å². The molecule has 1 heterocycles. The van der Waals surface area contributed by atoms with Gasteiger partial charge >= 0.3 is 0 Å². The molecule has 190 valence electrons. The van der Waals surface area contributed by atoms with Crippen molar-refractivity contribution in [2.75, 3.05) is 0 Å². The van der Waals surface area contributed by atoms with E-state index in [0.29, 0.717) is 0 Å².